The molecule has 1 aromatic rings. The van der Waals surface area contributed by atoms with Crippen LogP contribution in [0.3, 0.4) is 0 Å². The van der Waals surface area contributed by atoms with Crippen LogP contribution in [0, 0.1) is 3.57 Å². The van der Waals surface area contributed by atoms with Crippen LogP contribution >= 0.6 is 45.8 Å². The first-order chi connectivity index (χ1) is 7.11. The van der Waals surface area contributed by atoms with Crippen molar-refractivity contribution < 1.29 is 4.74 Å². The summed E-state index contributed by atoms with van der Waals surface area (Å²) in [5.41, 5.74) is 1.29. The molecular formula is C9H7Cl2IN2O. The van der Waals surface area contributed by atoms with Crippen molar-refractivity contribution in [3.63, 3.8) is 0 Å². The Balaban J connectivity index is 2.52. The van der Waals surface area contributed by atoms with E-state index in [1.807, 2.05) is 12.1 Å². The van der Waals surface area contributed by atoms with E-state index in [4.69, 9.17) is 27.9 Å². The number of aliphatic imine (C=N–C) groups is 1. The average Bonchev–Trinajstić information content (AvgIpc) is 2.16. The molecule has 1 atom stereocenters. The van der Waals surface area contributed by atoms with E-state index < -0.39 is 5.50 Å². The summed E-state index contributed by atoms with van der Waals surface area (Å²) < 4.78 is 6.21. The topological polar surface area (TPSA) is 33.6 Å². The van der Waals surface area contributed by atoms with Crippen molar-refractivity contribution in [2.24, 2.45) is 4.99 Å². The maximum atomic E-state index is 6.05. The minimum atomic E-state index is -0.459. The van der Waals surface area contributed by atoms with Crippen LogP contribution in [-0.4, -0.2) is 12.4 Å². The van der Waals surface area contributed by atoms with Crippen LogP contribution in [0.15, 0.2) is 17.1 Å². The second kappa shape index (κ2) is 4.35. The summed E-state index contributed by atoms with van der Waals surface area (Å²) in [4.78, 5) is 4.01. The Morgan fingerprint density at radius 2 is 2.27 bits per heavy atom. The lowest BCUT2D eigenvalue weighted by Gasteiger charge is -2.20. The van der Waals surface area contributed by atoms with Crippen molar-refractivity contribution in [1.82, 2.24) is 0 Å². The van der Waals surface area contributed by atoms with E-state index in [1.165, 1.54) is 0 Å². The van der Waals surface area contributed by atoms with E-state index in [0.717, 1.165) is 20.6 Å². The fourth-order valence-corrected chi connectivity index (χ4v) is 2.56. The molecule has 0 saturated heterocycles. The Labute approximate surface area is 111 Å². The fraction of sp³-hybridized carbons (Fsp3) is 0.222. The van der Waals surface area contributed by atoms with Crippen LogP contribution in [0.5, 0.6) is 5.75 Å². The van der Waals surface area contributed by atoms with E-state index in [1.54, 1.807) is 7.11 Å². The monoisotopic (exact) mass is 356 g/mol. The van der Waals surface area contributed by atoms with Gasteiger partial charge in [-0.3, -0.25) is 0 Å². The summed E-state index contributed by atoms with van der Waals surface area (Å²) in [6.45, 7) is 0. The van der Waals surface area contributed by atoms with E-state index in [0.29, 0.717) is 5.29 Å². The predicted octanol–water partition coefficient (Wildman–Crippen LogP) is 3.56. The molecule has 0 radical (unpaired) electrons. The summed E-state index contributed by atoms with van der Waals surface area (Å²) in [5.74, 6) is 0.787. The number of halogens is 3. The molecule has 0 fully saturated rings. The van der Waals surface area contributed by atoms with Crippen LogP contribution < -0.4 is 10.1 Å². The molecule has 1 heterocycles. The molecule has 1 aromatic carbocycles. The van der Waals surface area contributed by atoms with Gasteiger partial charge in [0.25, 0.3) is 0 Å². The molecule has 1 aliphatic heterocycles. The number of amidine groups is 1. The SMILES string of the molecule is COc1cc2c(cc1I)NC(Cl)=NC2Cl. The van der Waals surface area contributed by atoms with Crippen molar-refractivity contribution in [2.75, 3.05) is 12.4 Å². The van der Waals surface area contributed by atoms with Gasteiger partial charge in [-0.2, -0.15) is 0 Å². The van der Waals surface area contributed by atoms with Gasteiger partial charge in [0.2, 0.25) is 0 Å². The molecular weight excluding hydrogens is 350 g/mol. The number of ether oxygens (including phenoxy) is 1. The van der Waals surface area contributed by atoms with Crippen molar-refractivity contribution in [1.29, 1.82) is 0 Å². The van der Waals surface area contributed by atoms with E-state index in [9.17, 15) is 0 Å². The molecule has 1 N–H and O–H groups in total. The molecule has 3 nitrogen and oxygen atoms in total. The number of alkyl halides is 1. The van der Waals surface area contributed by atoms with Crippen molar-refractivity contribution in [3.8, 4) is 5.75 Å². The lowest BCUT2D eigenvalue weighted by molar-refractivity contribution is 0.411. The number of anilines is 1. The molecule has 1 aliphatic rings. The lowest BCUT2D eigenvalue weighted by atomic mass is 10.1. The highest BCUT2D eigenvalue weighted by molar-refractivity contribution is 14.1. The number of nitrogens with one attached hydrogen (secondary N) is 1. The molecule has 80 valence electrons. The number of nitrogens with zero attached hydrogens (tertiary/aromatic N) is 1. The van der Waals surface area contributed by atoms with Gasteiger partial charge in [0.1, 0.15) is 5.75 Å². The van der Waals surface area contributed by atoms with E-state index in [-0.39, 0.29) is 0 Å². The number of hydrogen-bond acceptors (Lipinski definition) is 3. The van der Waals surface area contributed by atoms with E-state index in [2.05, 4.69) is 32.9 Å². The van der Waals surface area contributed by atoms with Crippen LogP contribution in [0.1, 0.15) is 11.1 Å². The lowest BCUT2D eigenvalue weighted by Crippen LogP contribution is -2.14. The number of hydrogen-bond donors (Lipinski definition) is 1. The van der Waals surface area contributed by atoms with Crippen molar-refractivity contribution >= 4 is 56.8 Å². The second-order valence-corrected chi connectivity index (χ2v) is 4.89. The van der Waals surface area contributed by atoms with Gasteiger partial charge in [-0.1, -0.05) is 11.6 Å². The minimum Gasteiger partial charge on any atom is -0.496 e. The maximum absolute atomic E-state index is 6.05. The molecule has 0 saturated carbocycles. The number of methoxy groups -OCH3 is 1. The third-order valence-corrected chi connectivity index (χ3v) is 3.41. The number of benzene rings is 1. The van der Waals surface area contributed by atoms with Crippen molar-refractivity contribution in [3.05, 3.63) is 21.3 Å². The molecule has 2 rings (SSSR count). The van der Waals surface area contributed by atoms with Crippen LogP contribution in [0.25, 0.3) is 0 Å². The highest BCUT2D eigenvalue weighted by atomic mass is 127. The molecule has 0 bridgehead atoms. The number of rotatable bonds is 1. The first kappa shape index (κ1) is 11.3. The molecule has 0 amide bonds. The smallest absolute Gasteiger partial charge is 0.197 e. The standard InChI is InChI=1S/C9H7Cl2IN2O/c1-15-7-2-4-6(3-5(7)12)13-9(11)14-8(4)10/h2-3,8H,1H3,(H,13,14). The molecule has 6 heteroatoms. The van der Waals surface area contributed by atoms with Gasteiger partial charge in [-0.25, -0.2) is 4.99 Å². The third-order valence-electron chi connectivity index (χ3n) is 2.05. The maximum Gasteiger partial charge on any atom is 0.197 e. The molecule has 0 spiro atoms. The molecule has 15 heavy (non-hydrogen) atoms. The predicted molar refractivity (Wildman–Crippen MR) is 71.2 cm³/mol. The zero-order chi connectivity index (χ0) is 11.0. The van der Waals surface area contributed by atoms with Crippen LogP contribution in [0.2, 0.25) is 0 Å². The van der Waals surface area contributed by atoms with Gasteiger partial charge >= 0.3 is 0 Å². The molecule has 0 aromatic heterocycles. The molecule has 0 aliphatic carbocycles. The highest BCUT2D eigenvalue weighted by Crippen LogP contribution is 2.38. The largest absolute Gasteiger partial charge is 0.496 e. The fourth-order valence-electron chi connectivity index (χ4n) is 1.34. The zero-order valence-corrected chi connectivity index (χ0v) is 11.4. The minimum absolute atomic E-state index is 0.309. The van der Waals surface area contributed by atoms with Crippen LogP contribution in [0.4, 0.5) is 5.69 Å². The Hall–Kier alpha value is -0.200. The van der Waals surface area contributed by atoms with Gasteiger partial charge in [0.05, 0.1) is 10.7 Å². The van der Waals surface area contributed by atoms with Gasteiger partial charge in [0.15, 0.2) is 10.8 Å². The van der Waals surface area contributed by atoms with Gasteiger partial charge in [-0.05, 0) is 46.3 Å². The quantitative estimate of drug-likeness (QED) is 0.474. The highest BCUT2D eigenvalue weighted by Gasteiger charge is 2.20. The summed E-state index contributed by atoms with van der Waals surface area (Å²) >= 11 is 14.0. The normalized spacial score (nSPS) is 18.9. The summed E-state index contributed by atoms with van der Waals surface area (Å²) in [7, 11) is 1.62. The summed E-state index contributed by atoms with van der Waals surface area (Å²) in [6.07, 6.45) is 0. The van der Waals surface area contributed by atoms with E-state index >= 15 is 0 Å². The second-order valence-electron chi connectivity index (χ2n) is 2.95. The molecule has 1 unspecified atom stereocenters. The average molecular weight is 357 g/mol. The van der Waals surface area contributed by atoms with Crippen molar-refractivity contribution in [2.45, 2.75) is 5.50 Å². The summed E-state index contributed by atoms with van der Waals surface area (Å²) in [5, 5.41) is 3.26. The van der Waals surface area contributed by atoms with Crippen LogP contribution in [-0.2, 0) is 0 Å². The van der Waals surface area contributed by atoms with Gasteiger partial charge < -0.3 is 10.1 Å². The first-order valence-electron chi connectivity index (χ1n) is 4.13. The number of fused-ring (bicyclic) bond motifs is 1. The summed E-state index contributed by atoms with van der Waals surface area (Å²) in [6, 6.07) is 3.80. The third kappa shape index (κ3) is 2.16. The Kier molecular flexibility index (Phi) is 3.27. The Morgan fingerprint density at radius 1 is 1.53 bits per heavy atom. The Bertz CT molecular complexity index is 436. The Morgan fingerprint density at radius 3 is 2.93 bits per heavy atom. The van der Waals surface area contributed by atoms with Gasteiger partial charge in [-0.15, -0.1) is 0 Å². The first-order valence-corrected chi connectivity index (χ1v) is 6.03. The zero-order valence-electron chi connectivity index (χ0n) is 7.72. The van der Waals surface area contributed by atoms with Gasteiger partial charge in [0, 0.05) is 11.3 Å².